The van der Waals surface area contributed by atoms with Crippen LogP contribution in [0.2, 0.25) is 5.02 Å². The number of amides is 1. The fourth-order valence-corrected chi connectivity index (χ4v) is 2.85. The van der Waals surface area contributed by atoms with Gasteiger partial charge in [0.1, 0.15) is 11.1 Å². The van der Waals surface area contributed by atoms with Crippen LogP contribution < -0.4 is 5.32 Å². The van der Waals surface area contributed by atoms with Gasteiger partial charge in [-0.05, 0) is 25.0 Å². The van der Waals surface area contributed by atoms with Gasteiger partial charge in [-0.25, -0.2) is 4.79 Å². The molecule has 0 radical (unpaired) electrons. The molecule has 0 aromatic heterocycles. The van der Waals surface area contributed by atoms with Gasteiger partial charge in [0.25, 0.3) is 11.6 Å². The summed E-state index contributed by atoms with van der Waals surface area (Å²) < 4.78 is 0. The van der Waals surface area contributed by atoms with Crippen LogP contribution in [0.25, 0.3) is 0 Å². The standard InChI is InChI=1S/C14H15ClN2O5/c15-9-4-5-10(11(8-9)17(21)22)12(18)16-14(13(19)20)6-2-1-3-7-14/h4-5,8H,1-3,6-7H2,(H,16,18)(H,19,20). The van der Waals surface area contributed by atoms with Crippen LogP contribution in [0.5, 0.6) is 0 Å². The molecule has 0 atom stereocenters. The van der Waals surface area contributed by atoms with Crippen molar-refractivity contribution in [2.45, 2.75) is 37.6 Å². The first-order chi connectivity index (χ1) is 10.4. The molecular weight excluding hydrogens is 312 g/mol. The number of halogens is 1. The van der Waals surface area contributed by atoms with Gasteiger partial charge in [0.2, 0.25) is 0 Å². The Morgan fingerprint density at radius 1 is 1.27 bits per heavy atom. The highest BCUT2D eigenvalue weighted by Gasteiger charge is 2.41. The molecule has 1 aromatic rings. The van der Waals surface area contributed by atoms with E-state index in [1.807, 2.05) is 0 Å². The summed E-state index contributed by atoms with van der Waals surface area (Å²) in [4.78, 5) is 34.2. The first-order valence-electron chi connectivity index (χ1n) is 6.85. The van der Waals surface area contributed by atoms with E-state index in [9.17, 15) is 24.8 Å². The third-order valence-electron chi connectivity index (χ3n) is 3.87. The summed E-state index contributed by atoms with van der Waals surface area (Å²) in [5.74, 6) is -1.88. The van der Waals surface area contributed by atoms with E-state index >= 15 is 0 Å². The van der Waals surface area contributed by atoms with Gasteiger partial charge in [-0.1, -0.05) is 30.9 Å². The Kier molecular flexibility index (Phi) is 4.65. The molecule has 7 nitrogen and oxygen atoms in total. The Labute approximate surface area is 131 Å². The van der Waals surface area contributed by atoms with Crippen LogP contribution in [0.3, 0.4) is 0 Å². The van der Waals surface area contributed by atoms with Gasteiger partial charge in [-0.2, -0.15) is 0 Å². The van der Waals surface area contributed by atoms with E-state index in [2.05, 4.69) is 5.32 Å². The van der Waals surface area contributed by atoms with E-state index in [4.69, 9.17) is 11.6 Å². The van der Waals surface area contributed by atoms with Gasteiger partial charge in [-0.15, -0.1) is 0 Å². The minimum atomic E-state index is -1.36. The molecule has 1 aromatic carbocycles. The van der Waals surface area contributed by atoms with E-state index in [1.54, 1.807) is 0 Å². The third-order valence-corrected chi connectivity index (χ3v) is 4.11. The second-order valence-electron chi connectivity index (χ2n) is 5.32. The summed E-state index contributed by atoms with van der Waals surface area (Å²) in [5, 5.41) is 23.1. The molecule has 118 valence electrons. The van der Waals surface area contributed by atoms with Crippen LogP contribution >= 0.6 is 11.6 Å². The average molecular weight is 327 g/mol. The first kappa shape index (κ1) is 16.2. The molecule has 0 heterocycles. The maximum Gasteiger partial charge on any atom is 0.329 e. The molecule has 0 aliphatic heterocycles. The number of rotatable bonds is 4. The van der Waals surface area contributed by atoms with E-state index < -0.39 is 28.0 Å². The maximum absolute atomic E-state index is 12.3. The number of nitro groups is 1. The lowest BCUT2D eigenvalue weighted by molar-refractivity contribution is -0.385. The lowest BCUT2D eigenvalue weighted by Crippen LogP contribution is -2.55. The summed E-state index contributed by atoms with van der Waals surface area (Å²) in [6.07, 6.45) is 2.92. The number of hydrogen-bond acceptors (Lipinski definition) is 4. The Hall–Kier alpha value is -2.15. The van der Waals surface area contributed by atoms with Crippen molar-refractivity contribution in [3.63, 3.8) is 0 Å². The smallest absolute Gasteiger partial charge is 0.329 e. The normalized spacial score (nSPS) is 16.8. The molecule has 2 N–H and O–H groups in total. The zero-order chi connectivity index (χ0) is 16.3. The maximum atomic E-state index is 12.3. The van der Waals surface area contributed by atoms with Crippen molar-refractivity contribution in [1.82, 2.24) is 5.32 Å². The highest BCUT2D eigenvalue weighted by atomic mass is 35.5. The monoisotopic (exact) mass is 326 g/mol. The van der Waals surface area contributed by atoms with Crippen molar-refractivity contribution >= 4 is 29.2 Å². The molecule has 0 saturated heterocycles. The van der Waals surface area contributed by atoms with Crippen molar-refractivity contribution < 1.29 is 19.6 Å². The van der Waals surface area contributed by atoms with Crippen molar-refractivity contribution in [1.29, 1.82) is 0 Å². The Morgan fingerprint density at radius 2 is 1.91 bits per heavy atom. The topological polar surface area (TPSA) is 110 Å². The van der Waals surface area contributed by atoms with Gasteiger partial charge < -0.3 is 10.4 Å². The number of carbonyl (C=O) groups is 2. The van der Waals surface area contributed by atoms with Gasteiger partial charge in [0.05, 0.1) is 4.92 Å². The molecule has 0 bridgehead atoms. The fraction of sp³-hybridized carbons (Fsp3) is 0.429. The summed E-state index contributed by atoms with van der Waals surface area (Å²) in [5.41, 5.74) is -2.00. The van der Waals surface area contributed by atoms with Crippen LogP contribution in [0.1, 0.15) is 42.5 Å². The second kappa shape index (κ2) is 6.31. The molecule has 0 spiro atoms. The number of nitro benzene ring substituents is 1. The fourth-order valence-electron chi connectivity index (χ4n) is 2.68. The largest absolute Gasteiger partial charge is 0.480 e. The number of carbonyl (C=O) groups excluding carboxylic acids is 1. The van der Waals surface area contributed by atoms with E-state index in [0.29, 0.717) is 25.7 Å². The molecule has 8 heteroatoms. The molecule has 1 aliphatic rings. The van der Waals surface area contributed by atoms with Crippen molar-refractivity contribution in [2.24, 2.45) is 0 Å². The van der Waals surface area contributed by atoms with Crippen LogP contribution in [-0.4, -0.2) is 27.4 Å². The van der Waals surface area contributed by atoms with E-state index in [-0.39, 0.29) is 10.6 Å². The number of aliphatic carboxylic acids is 1. The highest BCUT2D eigenvalue weighted by Crippen LogP contribution is 2.30. The minimum absolute atomic E-state index is 0.133. The van der Waals surface area contributed by atoms with Crippen LogP contribution in [0, 0.1) is 10.1 Å². The summed E-state index contributed by atoms with van der Waals surface area (Å²) in [7, 11) is 0. The number of benzene rings is 1. The highest BCUT2D eigenvalue weighted by molar-refractivity contribution is 6.31. The number of hydrogen-bond donors (Lipinski definition) is 2. The molecule has 1 aliphatic carbocycles. The van der Waals surface area contributed by atoms with Gasteiger partial charge >= 0.3 is 5.97 Å². The summed E-state index contributed by atoms with van der Waals surface area (Å²) >= 11 is 5.71. The number of nitrogens with one attached hydrogen (secondary N) is 1. The second-order valence-corrected chi connectivity index (χ2v) is 5.76. The number of carboxylic acids is 1. The Balaban J connectivity index is 2.32. The molecule has 2 rings (SSSR count). The molecule has 1 amide bonds. The molecular formula is C14H15ClN2O5. The third kappa shape index (κ3) is 3.19. The zero-order valence-corrected chi connectivity index (χ0v) is 12.4. The SMILES string of the molecule is O=C(NC1(C(=O)O)CCCCC1)c1ccc(Cl)cc1[N+](=O)[O-]. The number of carboxylic acid groups (broad SMARTS) is 1. The predicted octanol–water partition coefficient (Wildman–Crippen LogP) is 2.77. The van der Waals surface area contributed by atoms with Gasteiger partial charge in [0, 0.05) is 11.1 Å². The molecule has 0 unspecified atom stereocenters. The van der Waals surface area contributed by atoms with Gasteiger partial charge in [0.15, 0.2) is 0 Å². The Bertz CT molecular complexity index is 626. The van der Waals surface area contributed by atoms with Crippen LogP contribution in [0.15, 0.2) is 18.2 Å². The van der Waals surface area contributed by atoms with Crippen molar-refractivity contribution in [3.8, 4) is 0 Å². The molecule has 22 heavy (non-hydrogen) atoms. The average Bonchev–Trinajstić information content (AvgIpc) is 2.47. The van der Waals surface area contributed by atoms with Crippen molar-refractivity contribution in [3.05, 3.63) is 38.9 Å². The Morgan fingerprint density at radius 3 is 2.45 bits per heavy atom. The quantitative estimate of drug-likeness (QED) is 0.653. The molecule has 1 fully saturated rings. The number of nitrogens with zero attached hydrogens (tertiary/aromatic N) is 1. The zero-order valence-electron chi connectivity index (χ0n) is 11.7. The predicted molar refractivity (Wildman–Crippen MR) is 79.0 cm³/mol. The van der Waals surface area contributed by atoms with Crippen LogP contribution in [0.4, 0.5) is 5.69 Å². The van der Waals surface area contributed by atoms with Crippen molar-refractivity contribution in [2.75, 3.05) is 0 Å². The lowest BCUT2D eigenvalue weighted by atomic mass is 9.81. The first-order valence-corrected chi connectivity index (χ1v) is 7.23. The lowest BCUT2D eigenvalue weighted by Gasteiger charge is -2.33. The minimum Gasteiger partial charge on any atom is -0.480 e. The molecule has 1 saturated carbocycles. The summed E-state index contributed by atoms with van der Waals surface area (Å²) in [6.45, 7) is 0. The van der Waals surface area contributed by atoms with E-state index in [1.165, 1.54) is 12.1 Å². The summed E-state index contributed by atoms with van der Waals surface area (Å²) in [6, 6.07) is 3.66. The van der Waals surface area contributed by atoms with Crippen LogP contribution in [-0.2, 0) is 4.79 Å². The van der Waals surface area contributed by atoms with Gasteiger partial charge in [-0.3, -0.25) is 14.9 Å². The van der Waals surface area contributed by atoms with E-state index in [0.717, 1.165) is 12.5 Å².